The van der Waals surface area contributed by atoms with Gasteiger partial charge in [-0.3, -0.25) is 0 Å². The maximum absolute atomic E-state index is 15.2. The highest BCUT2D eigenvalue weighted by Gasteiger charge is 2.59. The molecule has 0 aromatic heterocycles. The highest BCUT2D eigenvalue weighted by molar-refractivity contribution is 7.92. The number of halogens is 18. The first kappa shape index (κ1) is 107. The molecule has 15 atom stereocenters. The van der Waals surface area contributed by atoms with Crippen molar-refractivity contribution in [3.8, 4) is 28.7 Å². The Morgan fingerprint density at radius 3 is 0.825 bits per heavy atom. The Balaban J connectivity index is 0.000000129. The van der Waals surface area contributed by atoms with E-state index in [1.165, 1.54) is 18.2 Å². The number of hydrogen-bond acceptors (Lipinski definition) is 11. The van der Waals surface area contributed by atoms with Gasteiger partial charge in [0.05, 0.1) is 44.5 Å². The van der Waals surface area contributed by atoms with Crippen molar-refractivity contribution < 1.29 is 107 Å². The molecule has 10 aliphatic rings. The SMILES string of the molecule is C=C[C@@H]1CCC[C@@]2(Cc3ccc(Cl)cc3)c3c(F)ccc(F)c3OC[C@@H]12.CCS(=O)(=O)CC[C@@H]1CCC[C@@]2(Cc3ccc(Cl)cc3)c3c(F)ccc(F)c3OC[C@@H]12.O=C[C@@H]1CCC[C@@]2(Cc3ccc(Cl)cc3)c3c(F)ccc(F)c3OC[C@@H]12.O=S(=O)(CC[C@@H]1CCC[C@@]2(Cc3ccc(Cl)cc3)c3c(F)ccc(F)c3OC[C@@H]12)C(F)(F)F.OCC[C@@H]1CCC[C@@]2(Cc3ccc(Cl)cc3)c3c(F)ccc(F)c3OC[C@@H]12. The van der Waals surface area contributed by atoms with Crippen LogP contribution in [-0.4, -0.2) is 90.6 Å². The summed E-state index contributed by atoms with van der Waals surface area (Å²) in [4.78, 5) is 11.7. The fourth-order valence-corrected chi connectivity index (χ4v) is 28.4. The summed E-state index contributed by atoms with van der Waals surface area (Å²) in [5.41, 5.74) is -2.25. The molecule has 0 unspecified atom stereocenters. The van der Waals surface area contributed by atoms with Crippen molar-refractivity contribution in [1.29, 1.82) is 0 Å². The van der Waals surface area contributed by atoms with Gasteiger partial charge in [-0.2, -0.15) is 13.2 Å². The number of allylic oxidation sites excluding steroid dienone is 1. The number of carbonyl (C=O) groups is 1. The number of ether oxygens (including phenoxy) is 5. The predicted octanol–water partition coefficient (Wildman–Crippen LogP) is 28.5. The van der Waals surface area contributed by atoms with Crippen molar-refractivity contribution in [3.63, 3.8) is 0 Å². The molecule has 10 aromatic rings. The Morgan fingerprint density at radius 2 is 0.573 bits per heavy atom. The number of alkyl halides is 3. The van der Waals surface area contributed by atoms with E-state index in [-0.39, 0.29) is 137 Å². The van der Waals surface area contributed by atoms with E-state index in [9.17, 15) is 70.6 Å². The average Bonchev–Trinajstić information content (AvgIpc) is 0.745. The van der Waals surface area contributed by atoms with E-state index in [1.807, 2.05) is 78.9 Å². The zero-order valence-corrected chi connectivity index (χ0v) is 84.1. The highest BCUT2D eigenvalue weighted by Crippen LogP contribution is 2.63. The van der Waals surface area contributed by atoms with E-state index in [0.717, 1.165) is 141 Å². The van der Waals surface area contributed by atoms with Crippen molar-refractivity contribution in [2.45, 2.75) is 187 Å². The number of hydrogen-bond donors (Lipinski definition) is 1. The minimum absolute atomic E-state index is 0.00163. The monoisotopic (exact) mass is 2120 g/mol. The molecular formula is C112H112Cl5F13O11S2. The van der Waals surface area contributed by atoms with E-state index in [2.05, 4.69) is 6.58 Å². The highest BCUT2D eigenvalue weighted by atomic mass is 35.5. The zero-order chi connectivity index (χ0) is 102. The lowest BCUT2D eigenvalue weighted by atomic mass is 9.55. The van der Waals surface area contributed by atoms with E-state index in [4.69, 9.17) is 81.7 Å². The molecule has 0 spiro atoms. The molecule has 10 aromatic carbocycles. The molecule has 5 aliphatic heterocycles. The number of rotatable bonds is 21. The Bertz CT molecular complexity index is 6330. The van der Waals surface area contributed by atoms with Crippen molar-refractivity contribution in [3.05, 3.63) is 334 Å². The number of fused-ring (bicyclic) bond motifs is 15. The molecule has 20 rings (SSSR count). The Labute approximate surface area is 851 Å². The number of sulfone groups is 2. The first-order valence-electron chi connectivity index (χ1n) is 48.8. The minimum Gasteiger partial charge on any atom is -0.490 e. The number of benzene rings is 10. The molecule has 764 valence electrons. The Hall–Kier alpha value is -8.99. The normalized spacial score (nSPS) is 26.3. The van der Waals surface area contributed by atoms with Gasteiger partial charge in [0.2, 0.25) is 9.84 Å². The van der Waals surface area contributed by atoms with Crippen LogP contribution in [-0.2, 0) is 83.6 Å². The maximum atomic E-state index is 15.2. The number of carbonyl (C=O) groups excluding carboxylic acids is 1. The van der Waals surface area contributed by atoms with Gasteiger partial charge >= 0.3 is 5.51 Å². The summed E-state index contributed by atoms with van der Waals surface area (Å²) in [5.74, 6) is -6.80. The van der Waals surface area contributed by atoms with Crippen LogP contribution >= 0.6 is 58.0 Å². The minimum atomic E-state index is -5.33. The molecule has 5 fully saturated rings. The molecule has 143 heavy (non-hydrogen) atoms. The van der Waals surface area contributed by atoms with Crippen LogP contribution in [0.5, 0.6) is 28.7 Å². The molecule has 11 nitrogen and oxygen atoms in total. The third kappa shape index (κ3) is 22.0. The second-order valence-electron chi connectivity index (χ2n) is 40.1. The van der Waals surface area contributed by atoms with Crippen molar-refractivity contribution in [2.75, 3.05) is 56.9 Å². The molecule has 0 radical (unpaired) electrons. The van der Waals surface area contributed by atoms with Gasteiger partial charge in [0.25, 0.3) is 0 Å². The lowest BCUT2D eigenvalue weighted by Crippen LogP contribution is -2.51. The van der Waals surface area contributed by atoms with Crippen molar-refractivity contribution in [2.24, 2.45) is 59.2 Å². The Morgan fingerprint density at radius 1 is 0.343 bits per heavy atom. The molecule has 5 saturated carbocycles. The molecule has 5 heterocycles. The van der Waals surface area contributed by atoms with E-state index in [1.54, 1.807) is 55.5 Å². The fourth-order valence-electron chi connectivity index (χ4n) is 25.9. The van der Waals surface area contributed by atoms with Gasteiger partial charge in [0, 0.05) is 128 Å². The second-order valence-corrected chi connectivity index (χ2v) is 46.8. The molecule has 0 bridgehead atoms. The topological polar surface area (TPSA) is 152 Å². The van der Waals surface area contributed by atoms with Gasteiger partial charge in [-0.05, 0) is 288 Å². The third-order valence-electron chi connectivity index (χ3n) is 32.5. The largest absolute Gasteiger partial charge is 0.497 e. The van der Waals surface area contributed by atoms with Crippen LogP contribution in [0.15, 0.2) is 195 Å². The summed E-state index contributed by atoms with van der Waals surface area (Å²) in [6.45, 7) is 6.92. The lowest BCUT2D eigenvalue weighted by molar-refractivity contribution is -0.116. The molecule has 1 N–H and O–H groups in total. The second kappa shape index (κ2) is 44.6. The van der Waals surface area contributed by atoms with Crippen molar-refractivity contribution in [1.82, 2.24) is 0 Å². The first-order chi connectivity index (χ1) is 68.3. The summed E-state index contributed by atoms with van der Waals surface area (Å²) >= 11 is 30.1. The van der Waals surface area contributed by atoms with Crippen LogP contribution in [0.2, 0.25) is 25.1 Å². The number of aldehydes is 1. The molecule has 5 aliphatic carbocycles. The van der Waals surface area contributed by atoms with Gasteiger partial charge in [-0.25, -0.2) is 60.7 Å². The van der Waals surface area contributed by atoms with Gasteiger partial charge in [0.15, 0.2) is 57.8 Å². The summed E-state index contributed by atoms with van der Waals surface area (Å²) in [5, 5.41) is 12.6. The molecule has 31 heteroatoms. The van der Waals surface area contributed by atoms with Gasteiger partial charge in [0.1, 0.15) is 45.2 Å². The predicted molar refractivity (Wildman–Crippen MR) is 529 cm³/mol. The summed E-state index contributed by atoms with van der Waals surface area (Å²) in [6, 6.07) is 48.3. The third-order valence-corrected chi connectivity index (χ3v) is 37.0. The molecular weight excluding hydrogens is 2010 g/mol. The summed E-state index contributed by atoms with van der Waals surface area (Å²) < 4.78 is 263. The van der Waals surface area contributed by atoms with Crippen LogP contribution in [0.4, 0.5) is 57.1 Å². The first-order valence-corrected chi connectivity index (χ1v) is 54.2. The Kier molecular flexibility index (Phi) is 33.3. The van der Waals surface area contributed by atoms with Crippen LogP contribution < -0.4 is 23.7 Å². The smallest absolute Gasteiger partial charge is 0.490 e. The lowest BCUT2D eigenvalue weighted by Gasteiger charge is -2.52. The zero-order valence-electron chi connectivity index (χ0n) is 78.7. The molecule has 0 saturated heterocycles. The van der Waals surface area contributed by atoms with Crippen LogP contribution in [0.3, 0.4) is 0 Å². The van der Waals surface area contributed by atoms with Gasteiger partial charge in [-0.1, -0.05) is 164 Å². The summed E-state index contributed by atoms with van der Waals surface area (Å²) in [6.07, 6.45) is 18.0. The van der Waals surface area contributed by atoms with Gasteiger partial charge < -0.3 is 33.6 Å². The quantitative estimate of drug-likeness (QED) is 0.0416. The number of aliphatic hydroxyl groups excluding tert-OH is 1. The van der Waals surface area contributed by atoms with Crippen LogP contribution in [0.25, 0.3) is 0 Å². The maximum Gasteiger partial charge on any atom is 0.497 e. The van der Waals surface area contributed by atoms with E-state index < -0.39 is 122 Å². The number of aliphatic hydroxyl groups is 1. The van der Waals surface area contributed by atoms with E-state index >= 15 is 13.2 Å². The van der Waals surface area contributed by atoms with Gasteiger partial charge in [-0.15, -0.1) is 6.58 Å². The van der Waals surface area contributed by atoms with E-state index in [0.29, 0.717) is 132 Å². The van der Waals surface area contributed by atoms with Crippen molar-refractivity contribution >= 4 is 84.0 Å². The average molecular weight is 2120 g/mol. The fraction of sp³-hybridized carbons (Fsp3) is 0.438. The standard InChI is InChI=1S/C24H27ClF2O3S.C23H22ClF5O3S.C22H23ClF2O2.C22H21ClF2O.C21H19ClF2O2/c1-2-31(28,29)13-11-17-4-3-12-24(14-16-5-7-18(25)8-6-16)19(17)15-30-23-21(27)10-9-20(26)22(23)24;24-16-5-3-14(4-6-16)12-22-10-1-2-15(9-11-33(30,31)23(27,28)29)17(22)13-32-21-19(26)8-7-18(25)20(21)22;23-16-5-3-14(4-6-16)12-22-10-1-2-15(9-11-26)17(22)13-27-21-19(25)8-7-18(24)20(21)22;1-2-15-4-3-11-22(12-14-5-7-16(23)8-6-14)17(15)13-26-21-19(25)10-9-18(24)20(21)22;22-15-5-3-13(4-6-15)10-21-9-1-2-14(11-25)16(21)12-26-20-18(24)8-7-17(23)19(20)21/h5-10,17,19H,2-4,11-15H2,1H3;3-8,15,17H,1-2,9-13H2;3-8,15,17,26H,1-2,9-13H2;2,5-10,15,17H,1,3-4,11-13H2;3-8,11,14,16H,1-2,9-10,12H2/t17-,19-,24-;2*15-,17-,22-;15-,17+,22+;14-,16-,21-/m00010/s1. The summed E-state index contributed by atoms with van der Waals surface area (Å²) in [7, 11) is -8.39. The van der Waals surface area contributed by atoms with Crippen LogP contribution in [0, 0.1) is 117 Å². The van der Waals surface area contributed by atoms with Crippen LogP contribution in [0.1, 0.15) is 178 Å². The molecule has 0 amide bonds.